The normalized spacial score (nSPS) is 11.7. The monoisotopic (exact) mass is 317 g/mol. The number of nitrogens with one attached hydrogen (secondary N) is 1. The zero-order valence-electron chi connectivity index (χ0n) is 11.0. The topological polar surface area (TPSA) is 74.5 Å². The molecule has 0 aliphatic heterocycles. The molecule has 1 rings (SSSR count). The number of nitriles is 1. The van der Waals surface area contributed by atoms with E-state index in [-0.39, 0.29) is 10.9 Å². The van der Waals surface area contributed by atoms with Gasteiger partial charge in [-0.05, 0) is 24.5 Å². The van der Waals surface area contributed by atoms with Crippen molar-refractivity contribution in [1.29, 1.82) is 5.26 Å². The van der Waals surface area contributed by atoms with Gasteiger partial charge < -0.3 is 4.74 Å². The second kappa shape index (κ2) is 6.99. The van der Waals surface area contributed by atoms with E-state index >= 15 is 0 Å². The van der Waals surface area contributed by atoms with Crippen molar-refractivity contribution in [2.45, 2.75) is 6.18 Å². The van der Waals surface area contributed by atoms with E-state index in [9.17, 15) is 18.0 Å². The lowest BCUT2D eigenvalue weighted by atomic mass is 10.1. The lowest BCUT2D eigenvalue weighted by molar-refractivity contribution is -0.138. The minimum atomic E-state index is -4.72. The Labute approximate surface area is 122 Å². The van der Waals surface area contributed by atoms with Crippen molar-refractivity contribution in [1.82, 2.24) is 5.32 Å². The molecule has 9 heteroatoms. The molecule has 1 N–H and O–H groups in total. The van der Waals surface area contributed by atoms with E-state index in [4.69, 9.17) is 5.26 Å². The molecule has 0 fully saturated rings. The van der Waals surface area contributed by atoms with E-state index in [0.29, 0.717) is 0 Å². The van der Waals surface area contributed by atoms with Crippen molar-refractivity contribution in [2.75, 3.05) is 13.4 Å². The second-order valence-electron chi connectivity index (χ2n) is 3.58. The molecule has 0 saturated heterocycles. The molecule has 1 aromatic rings. The Morgan fingerprint density at radius 3 is 2.62 bits per heavy atom. The number of ether oxygens (including phenoxy) is 1. The van der Waals surface area contributed by atoms with Crippen molar-refractivity contribution in [3.63, 3.8) is 0 Å². The standard InChI is InChI=1S/C12H10F3N3O2S/c1-20-10(19)8-4-3-7(5-9(8)12(13,14)15)18-11(21-2)17-6-16/h3-5H,1-2H3,(H,17,18). The van der Waals surface area contributed by atoms with Crippen LogP contribution in [0.4, 0.5) is 18.9 Å². The fraction of sp³-hybridized carbons (Fsp3) is 0.250. The molecule has 0 unspecified atom stereocenters. The van der Waals surface area contributed by atoms with Gasteiger partial charge in [0, 0.05) is 0 Å². The molecular formula is C12H10F3N3O2S. The highest BCUT2D eigenvalue weighted by Crippen LogP contribution is 2.35. The smallest absolute Gasteiger partial charge is 0.417 e. The number of amidine groups is 1. The van der Waals surface area contributed by atoms with Crippen LogP contribution in [0.5, 0.6) is 0 Å². The van der Waals surface area contributed by atoms with Gasteiger partial charge in [0.15, 0.2) is 11.4 Å². The van der Waals surface area contributed by atoms with E-state index in [1.807, 2.05) is 0 Å². The predicted octanol–water partition coefficient (Wildman–Crippen LogP) is 2.91. The van der Waals surface area contributed by atoms with Gasteiger partial charge in [-0.3, -0.25) is 5.32 Å². The van der Waals surface area contributed by atoms with Gasteiger partial charge in [-0.15, -0.1) is 0 Å². The molecule has 112 valence electrons. The minimum Gasteiger partial charge on any atom is -0.465 e. The first-order valence-electron chi connectivity index (χ1n) is 5.40. The second-order valence-corrected chi connectivity index (χ2v) is 4.37. The highest BCUT2D eigenvalue weighted by molar-refractivity contribution is 8.13. The number of nitrogens with zero attached hydrogens (tertiary/aromatic N) is 2. The van der Waals surface area contributed by atoms with Crippen molar-refractivity contribution < 1.29 is 22.7 Å². The minimum absolute atomic E-state index is 0.0397. The molecule has 0 aliphatic carbocycles. The van der Waals surface area contributed by atoms with Crippen LogP contribution in [-0.2, 0) is 10.9 Å². The number of hydrogen-bond donors (Lipinski definition) is 1. The number of alkyl halides is 3. The summed E-state index contributed by atoms with van der Waals surface area (Å²) in [5, 5.41) is 10.9. The molecule has 0 atom stereocenters. The number of benzene rings is 1. The van der Waals surface area contributed by atoms with Gasteiger partial charge in [0.2, 0.25) is 0 Å². The molecule has 0 bridgehead atoms. The molecular weight excluding hydrogens is 307 g/mol. The molecule has 0 amide bonds. The Morgan fingerprint density at radius 2 is 2.14 bits per heavy atom. The largest absolute Gasteiger partial charge is 0.465 e. The zero-order chi connectivity index (χ0) is 16.0. The van der Waals surface area contributed by atoms with Crippen molar-refractivity contribution in [3.8, 4) is 6.19 Å². The first-order chi connectivity index (χ1) is 9.83. The van der Waals surface area contributed by atoms with Crippen LogP contribution in [0.1, 0.15) is 15.9 Å². The Bertz CT molecular complexity index is 609. The van der Waals surface area contributed by atoms with Crippen LogP contribution in [0.2, 0.25) is 0 Å². The van der Waals surface area contributed by atoms with Crippen molar-refractivity contribution >= 4 is 28.6 Å². The first-order valence-corrected chi connectivity index (χ1v) is 6.63. The summed E-state index contributed by atoms with van der Waals surface area (Å²) in [6, 6.07) is 2.94. The van der Waals surface area contributed by atoms with Crippen LogP contribution in [-0.4, -0.2) is 24.5 Å². The lowest BCUT2D eigenvalue weighted by Crippen LogP contribution is -2.15. The number of carbonyl (C=O) groups is 1. The molecule has 5 nitrogen and oxygen atoms in total. The molecule has 0 aromatic heterocycles. The number of carbonyl (C=O) groups excluding carboxylic acids is 1. The molecule has 0 radical (unpaired) electrons. The van der Waals surface area contributed by atoms with Gasteiger partial charge in [0.25, 0.3) is 0 Å². The third-order valence-electron chi connectivity index (χ3n) is 2.30. The SMILES string of the molecule is COC(=O)c1ccc(N=C(NC#N)SC)cc1C(F)(F)F. The number of aliphatic imine (C=N–C) groups is 1. The molecule has 0 aliphatic rings. The third-order valence-corrected chi connectivity index (χ3v) is 2.88. The van der Waals surface area contributed by atoms with Crippen LogP contribution >= 0.6 is 11.8 Å². The van der Waals surface area contributed by atoms with Crippen LogP contribution in [0.3, 0.4) is 0 Å². The van der Waals surface area contributed by atoms with Crippen molar-refractivity contribution in [2.24, 2.45) is 4.99 Å². The predicted molar refractivity (Wildman–Crippen MR) is 72.1 cm³/mol. The zero-order valence-corrected chi connectivity index (χ0v) is 11.8. The van der Waals surface area contributed by atoms with Gasteiger partial charge in [0.05, 0.1) is 23.9 Å². The van der Waals surface area contributed by atoms with Gasteiger partial charge in [-0.2, -0.15) is 18.4 Å². The fourth-order valence-electron chi connectivity index (χ4n) is 1.41. The highest BCUT2D eigenvalue weighted by Gasteiger charge is 2.35. The summed E-state index contributed by atoms with van der Waals surface area (Å²) in [6.07, 6.45) is -1.49. The summed E-state index contributed by atoms with van der Waals surface area (Å²) in [6.45, 7) is 0. The maximum absolute atomic E-state index is 13.0. The van der Waals surface area contributed by atoms with Gasteiger partial charge in [0.1, 0.15) is 0 Å². The van der Waals surface area contributed by atoms with Gasteiger partial charge >= 0.3 is 12.1 Å². The molecule has 0 heterocycles. The lowest BCUT2D eigenvalue weighted by Gasteiger charge is -2.12. The third kappa shape index (κ3) is 4.39. The Morgan fingerprint density at radius 1 is 1.48 bits per heavy atom. The number of hydrogen-bond acceptors (Lipinski definition) is 5. The van der Waals surface area contributed by atoms with Gasteiger partial charge in [-0.25, -0.2) is 9.79 Å². The highest BCUT2D eigenvalue weighted by atomic mass is 32.2. The number of esters is 1. The maximum Gasteiger partial charge on any atom is 0.417 e. The van der Waals surface area contributed by atoms with E-state index in [0.717, 1.165) is 31.0 Å². The van der Waals surface area contributed by atoms with Crippen molar-refractivity contribution in [3.05, 3.63) is 29.3 Å². The molecule has 1 aromatic carbocycles. The van der Waals surface area contributed by atoms with E-state index in [1.54, 1.807) is 12.4 Å². The summed E-state index contributed by atoms with van der Waals surface area (Å²) in [4.78, 5) is 15.2. The average molecular weight is 317 g/mol. The van der Waals surface area contributed by atoms with Crippen LogP contribution in [0, 0.1) is 11.5 Å². The Hall–Kier alpha value is -2.21. The van der Waals surface area contributed by atoms with E-state index in [1.165, 1.54) is 6.07 Å². The summed E-state index contributed by atoms with van der Waals surface area (Å²) in [5.74, 6) is -1.09. The fourth-order valence-corrected chi connectivity index (χ4v) is 1.76. The van der Waals surface area contributed by atoms with Crippen LogP contribution in [0.15, 0.2) is 23.2 Å². The summed E-state index contributed by atoms with van der Waals surface area (Å²) in [5.41, 5.74) is -1.78. The first kappa shape index (κ1) is 16.8. The van der Waals surface area contributed by atoms with Crippen LogP contribution < -0.4 is 5.32 Å². The van der Waals surface area contributed by atoms with Gasteiger partial charge in [-0.1, -0.05) is 11.8 Å². The Kier molecular flexibility index (Phi) is 5.60. The van der Waals surface area contributed by atoms with E-state index < -0.39 is 23.3 Å². The Balaban J connectivity index is 3.35. The number of methoxy groups -OCH3 is 1. The quantitative estimate of drug-likeness (QED) is 0.298. The van der Waals surface area contributed by atoms with E-state index in [2.05, 4.69) is 15.0 Å². The summed E-state index contributed by atoms with van der Waals surface area (Å²) < 4.78 is 43.2. The average Bonchev–Trinajstić information content (AvgIpc) is 2.45. The maximum atomic E-state index is 13.0. The molecule has 0 saturated carbocycles. The number of thioether (sulfide) groups is 1. The molecule has 0 spiro atoms. The summed E-state index contributed by atoms with van der Waals surface area (Å²) >= 11 is 1.06. The molecule has 21 heavy (non-hydrogen) atoms. The van der Waals surface area contributed by atoms with Crippen LogP contribution in [0.25, 0.3) is 0 Å². The number of rotatable bonds is 2. The number of halogens is 3. The summed E-state index contributed by atoms with van der Waals surface area (Å²) in [7, 11) is 0.997.